The van der Waals surface area contributed by atoms with Crippen molar-refractivity contribution in [3.05, 3.63) is 106 Å². The largest absolute Gasteiger partial charge is 0.505 e. The Bertz CT molecular complexity index is 1850. The van der Waals surface area contributed by atoms with E-state index in [2.05, 4.69) is 15.2 Å². The van der Waals surface area contributed by atoms with Gasteiger partial charge in [0.15, 0.2) is 10.1 Å². The van der Waals surface area contributed by atoms with E-state index in [-0.39, 0.29) is 16.5 Å². The molecule has 1 unspecified atom stereocenters. The summed E-state index contributed by atoms with van der Waals surface area (Å²) in [5.41, 5.74) is 3.03. The molecule has 5 aromatic rings. The number of carbonyl (C=O) groups is 2. The highest BCUT2D eigenvalue weighted by molar-refractivity contribution is 8.00. The molecular weight excluding hydrogens is 594 g/mol. The molecule has 4 heterocycles. The van der Waals surface area contributed by atoms with Crippen LogP contribution in [-0.4, -0.2) is 43.0 Å². The molecule has 1 N–H and O–H groups in total. The number of rotatable bonds is 8. The topological polar surface area (TPSA) is 110 Å². The van der Waals surface area contributed by atoms with Crippen LogP contribution in [0.15, 0.2) is 82.8 Å². The summed E-state index contributed by atoms with van der Waals surface area (Å²) < 4.78 is 8.04. The average Bonchev–Trinajstić information content (AvgIpc) is 3.66. The second kappa shape index (κ2) is 11.6. The van der Waals surface area contributed by atoms with Crippen molar-refractivity contribution in [2.45, 2.75) is 30.0 Å². The number of thioether (sulfide) groups is 1. The van der Waals surface area contributed by atoms with Crippen LogP contribution >= 0.6 is 34.7 Å². The predicted octanol–water partition coefficient (Wildman–Crippen LogP) is 6.46. The Hall–Kier alpha value is -4.19. The SMILES string of the molecule is CCOc1cccc(C2/C(=C(\O)c3c(C)nc4ccccn34)C(=O)C(=O)N2c2nnc(SCc3ccc(Cl)cc3)s2)c1. The van der Waals surface area contributed by atoms with Gasteiger partial charge in [-0.15, -0.1) is 10.2 Å². The second-order valence-electron chi connectivity index (χ2n) is 9.41. The molecule has 0 bridgehead atoms. The van der Waals surface area contributed by atoms with Crippen molar-refractivity contribution in [3.63, 3.8) is 0 Å². The van der Waals surface area contributed by atoms with Crippen LogP contribution in [0.2, 0.25) is 5.02 Å². The number of nitrogens with zero attached hydrogens (tertiary/aromatic N) is 5. The summed E-state index contributed by atoms with van der Waals surface area (Å²) in [7, 11) is 0. The normalized spacial score (nSPS) is 16.5. The first-order chi connectivity index (χ1) is 20.4. The number of fused-ring (bicyclic) bond motifs is 1. The molecule has 1 atom stereocenters. The number of carbonyl (C=O) groups excluding carboxylic acids is 2. The number of benzene rings is 2. The molecule has 0 saturated carbocycles. The molecule has 1 aliphatic rings. The Kier molecular flexibility index (Phi) is 7.72. The van der Waals surface area contributed by atoms with Crippen LogP contribution in [0.4, 0.5) is 5.13 Å². The van der Waals surface area contributed by atoms with Crippen LogP contribution in [0, 0.1) is 6.92 Å². The molecule has 0 spiro atoms. The number of Topliss-reactive ketones (excluding diaryl/α,β-unsaturated/α-hetero) is 1. The van der Waals surface area contributed by atoms with Gasteiger partial charge in [-0.3, -0.25) is 18.9 Å². The first kappa shape index (κ1) is 28.0. The number of aromatic nitrogens is 4. The van der Waals surface area contributed by atoms with Gasteiger partial charge in [0.05, 0.1) is 23.9 Å². The Morgan fingerprint density at radius 2 is 1.90 bits per heavy atom. The van der Waals surface area contributed by atoms with Gasteiger partial charge < -0.3 is 9.84 Å². The van der Waals surface area contributed by atoms with Gasteiger partial charge in [-0.05, 0) is 61.4 Å². The Labute approximate surface area is 254 Å². The maximum Gasteiger partial charge on any atom is 0.301 e. The Morgan fingerprint density at radius 3 is 2.69 bits per heavy atom. The Morgan fingerprint density at radius 1 is 1.10 bits per heavy atom. The van der Waals surface area contributed by atoms with Crippen molar-refractivity contribution in [2.75, 3.05) is 11.5 Å². The van der Waals surface area contributed by atoms with Crippen LogP contribution < -0.4 is 9.64 Å². The number of hydrogen-bond acceptors (Lipinski definition) is 9. The number of halogens is 1. The number of aliphatic hydroxyl groups is 1. The van der Waals surface area contributed by atoms with Crippen LogP contribution in [0.25, 0.3) is 11.4 Å². The number of aliphatic hydroxyl groups excluding tert-OH is 1. The lowest BCUT2D eigenvalue weighted by molar-refractivity contribution is -0.132. The van der Waals surface area contributed by atoms with E-state index in [4.69, 9.17) is 16.3 Å². The van der Waals surface area contributed by atoms with Gasteiger partial charge in [0.25, 0.3) is 5.78 Å². The van der Waals surface area contributed by atoms with E-state index in [1.165, 1.54) is 28.0 Å². The third-order valence-electron chi connectivity index (χ3n) is 6.74. The molecule has 2 aromatic carbocycles. The number of aryl methyl sites for hydroxylation is 1. The number of ether oxygens (including phenoxy) is 1. The molecule has 9 nitrogen and oxygen atoms in total. The van der Waals surface area contributed by atoms with Gasteiger partial charge in [-0.2, -0.15) is 0 Å². The van der Waals surface area contributed by atoms with E-state index < -0.39 is 17.7 Å². The molecule has 42 heavy (non-hydrogen) atoms. The minimum absolute atomic E-state index is 0.0621. The van der Waals surface area contributed by atoms with Crippen molar-refractivity contribution >= 4 is 62.9 Å². The summed E-state index contributed by atoms with van der Waals surface area (Å²) >= 11 is 8.66. The first-order valence-electron chi connectivity index (χ1n) is 13.0. The van der Waals surface area contributed by atoms with Gasteiger partial charge in [-0.1, -0.05) is 65.0 Å². The molecule has 0 radical (unpaired) electrons. The van der Waals surface area contributed by atoms with E-state index in [1.807, 2.05) is 37.3 Å². The van der Waals surface area contributed by atoms with Crippen LogP contribution in [0.3, 0.4) is 0 Å². The molecule has 1 fully saturated rings. The average molecular weight is 618 g/mol. The summed E-state index contributed by atoms with van der Waals surface area (Å²) in [6.45, 7) is 4.06. The Balaban J connectivity index is 1.44. The summed E-state index contributed by atoms with van der Waals surface area (Å²) in [5.74, 6) is -0.753. The highest BCUT2D eigenvalue weighted by Crippen LogP contribution is 2.45. The third kappa shape index (κ3) is 5.15. The van der Waals surface area contributed by atoms with Gasteiger partial charge in [0, 0.05) is 17.0 Å². The molecule has 1 saturated heterocycles. The molecular formula is C30H24ClN5O4S2. The maximum absolute atomic E-state index is 13.7. The number of pyridine rings is 1. The highest BCUT2D eigenvalue weighted by Gasteiger charge is 2.49. The lowest BCUT2D eigenvalue weighted by Crippen LogP contribution is -2.29. The van der Waals surface area contributed by atoms with E-state index in [0.29, 0.717) is 50.1 Å². The van der Waals surface area contributed by atoms with Gasteiger partial charge >= 0.3 is 5.91 Å². The van der Waals surface area contributed by atoms with Gasteiger partial charge in [0.1, 0.15) is 17.1 Å². The highest BCUT2D eigenvalue weighted by atomic mass is 35.5. The monoisotopic (exact) mass is 617 g/mol. The first-order valence-corrected chi connectivity index (χ1v) is 15.2. The number of hydrogen-bond donors (Lipinski definition) is 1. The predicted molar refractivity (Wildman–Crippen MR) is 163 cm³/mol. The quantitative estimate of drug-likeness (QED) is 0.0694. The third-order valence-corrected chi connectivity index (χ3v) is 9.11. The summed E-state index contributed by atoms with van der Waals surface area (Å²) in [6, 6.07) is 19.1. The minimum atomic E-state index is -0.971. The van der Waals surface area contributed by atoms with Crippen molar-refractivity contribution in [2.24, 2.45) is 0 Å². The van der Waals surface area contributed by atoms with Crippen LogP contribution in [0.5, 0.6) is 5.75 Å². The zero-order chi connectivity index (χ0) is 29.4. The van der Waals surface area contributed by atoms with Gasteiger partial charge in [0.2, 0.25) is 5.13 Å². The number of amides is 1. The summed E-state index contributed by atoms with van der Waals surface area (Å²) in [6.07, 6.45) is 1.75. The summed E-state index contributed by atoms with van der Waals surface area (Å²) in [4.78, 5) is 33.2. The zero-order valence-electron chi connectivity index (χ0n) is 22.5. The fourth-order valence-corrected chi connectivity index (χ4v) is 6.85. The van der Waals surface area contributed by atoms with Crippen LogP contribution in [0.1, 0.15) is 35.5 Å². The second-order valence-corrected chi connectivity index (χ2v) is 12.0. The van der Waals surface area contributed by atoms with E-state index in [1.54, 1.807) is 53.9 Å². The molecule has 1 amide bonds. The van der Waals surface area contributed by atoms with E-state index in [9.17, 15) is 14.7 Å². The lowest BCUT2D eigenvalue weighted by Gasteiger charge is -2.23. The smallest absolute Gasteiger partial charge is 0.301 e. The fourth-order valence-electron chi connectivity index (χ4n) is 4.90. The van der Waals surface area contributed by atoms with Crippen LogP contribution in [-0.2, 0) is 15.3 Å². The van der Waals surface area contributed by atoms with Crippen molar-refractivity contribution < 1.29 is 19.4 Å². The van der Waals surface area contributed by atoms with Crippen molar-refractivity contribution in [3.8, 4) is 5.75 Å². The van der Waals surface area contributed by atoms with E-state index >= 15 is 0 Å². The molecule has 0 aliphatic carbocycles. The minimum Gasteiger partial charge on any atom is -0.505 e. The molecule has 3 aromatic heterocycles. The molecule has 212 valence electrons. The standard InChI is InChI=1S/C30H24ClN5O4S2/c1-3-40-21-8-6-7-19(15-21)25-23(26(37)24-17(2)32-22-9-4-5-14-35(22)24)27(38)28(39)36(25)29-33-34-30(42-29)41-16-18-10-12-20(31)13-11-18/h4-15,25,37H,3,16H2,1-2H3/b26-23+. The van der Waals surface area contributed by atoms with Crippen molar-refractivity contribution in [1.82, 2.24) is 19.6 Å². The van der Waals surface area contributed by atoms with Gasteiger partial charge in [-0.25, -0.2) is 4.98 Å². The summed E-state index contributed by atoms with van der Waals surface area (Å²) in [5, 5.41) is 21.2. The fraction of sp³-hybridized carbons (Fsp3) is 0.167. The number of imidazole rings is 1. The molecule has 6 rings (SSSR count). The number of anilines is 1. The zero-order valence-corrected chi connectivity index (χ0v) is 24.9. The lowest BCUT2D eigenvalue weighted by atomic mass is 9.96. The number of ketones is 1. The molecule has 1 aliphatic heterocycles. The molecule has 12 heteroatoms. The van der Waals surface area contributed by atoms with E-state index in [0.717, 1.165) is 5.56 Å². The van der Waals surface area contributed by atoms with Crippen molar-refractivity contribution in [1.29, 1.82) is 0 Å². The maximum atomic E-state index is 13.7.